The molecule has 0 aliphatic carbocycles. The summed E-state index contributed by atoms with van der Waals surface area (Å²) in [5.41, 5.74) is 0.499. The van der Waals surface area contributed by atoms with Crippen molar-refractivity contribution in [2.45, 2.75) is 16.2 Å². The van der Waals surface area contributed by atoms with E-state index < -0.39 is 26.0 Å². The Bertz CT molecular complexity index is 1500. The molecule has 3 aromatic carbocycles. The number of H-pyrrole nitrogens is 1. The van der Waals surface area contributed by atoms with E-state index in [-0.39, 0.29) is 27.3 Å². The number of pyridine rings is 1. The summed E-state index contributed by atoms with van der Waals surface area (Å²) in [4.78, 5) is 26.7. The van der Waals surface area contributed by atoms with Crippen LogP contribution in [-0.4, -0.2) is 31.0 Å². The lowest BCUT2D eigenvalue weighted by atomic mass is 10.1. The number of nitrogens with one attached hydrogen (secondary N) is 2. The number of hydrogen-bond donors (Lipinski definition) is 3. The summed E-state index contributed by atoms with van der Waals surface area (Å²) in [6.07, 6.45) is 0.656. The van der Waals surface area contributed by atoms with Crippen molar-refractivity contribution >= 4 is 38.2 Å². The molecule has 7 nitrogen and oxygen atoms in total. The number of hydrogen-bond acceptors (Lipinski definition) is 5. The Morgan fingerprint density at radius 2 is 1.70 bits per heavy atom. The van der Waals surface area contributed by atoms with Gasteiger partial charge in [0.05, 0.1) is 10.4 Å². The van der Waals surface area contributed by atoms with Gasteiger partial charge in [-0.15, -0.1) is 0 Å². The van der Waals surface area contributed by atoms with Crippen molar-refractivity contribution < 1.29 is 18.3 Å². The monoisotopic (exact) mass is 482 g/mol. The van der Waals surface area contributed by atoms with E-state index in [1.165, 1.54) is 42.5 Å². The summed E-state index contributed by atoms with van der Waals surface area (Å²) in [5.74, 6) is -1.04. The third-order valence-corrected chi connectivity index (χ3v) is 7.20. The number of amides is 1. The summed E-state index contributed by atoms with van der Waals surface area (Å²) >= 11 is 5.81. The molecule has 168 valence electrons. The average molecular weight is 483 g/mol. The molecular weight excluding hydrogens is 464 g/mol. The summed E-state index contributed by atoms with van der Waals surface area (Å²) in [7, 11) is -4.31. The normalized spacial score (nSPS) is 11.4. The molecule has 0 bridgehead atoms. The minimum Gasteiger partial charge on any atom is -0.506 e. The minimum absolute atomic E-state index is 0.1000. The van der Waals surface area contributed by atoms with Crippen LogP contribution in [0.4, 0.5) is 0 Å². The average Bonchev–Trinajstić information content (AvgIpc) is 2.79. The summed E-state index contributed by atoms with van der Waals surface area (Å²) in [5, 5.41) is 13.9. The molecule has 0 atom stereocenters. The standard InChI is InChI=1S/C24H19ClN2O5S/c25-17-7-9-18(10-8-17)33(31,32)22-21(28)19-11-6-16(14-20(19)27-24(22)30)23(29)26-13-12-15-4-2-1-3-5-15/h1-11,14H,12-13H2,(H,26,29)(H2,27,28,30). The maximum Gasteiger partial charge on any atom is 0.271 e. The zero-order valence-electron chi connectivity index (χ0n) is 17.2. The first-order valence-corrected chi connectivity index (χ1v) is 11.9. The second-order valence-corrected chi connectivity index (χ2v) is 9.66. The van der Waals surface area contributed by atoms with Gasteiger partial charge in [0.25, 0.3) is 11.5 Å². The number of aromatic nitrogens is 1. The van der Waals surface area contributed by atoms with Crippen LogP contribution in [0.15, 0.2) is 87.4 Å². The quantitative estimate of drug-likeness (QED) is 0.387. The van der Waals surface area contributed by atoms with Crippen LogP contribution in [0.5, 0.6) is 5.75 Å². The molecule has 0 radical (unpaired) electrons. The lowest BCUT2D eigenvalue weighted by Gasteiger charge is -2.10. The molecule has 0 spiro atoms. The van der Waals surface area contributed by atoms with Gasteiger partial charge in [0.15, 0.2) is 4.90 Å². The van der Waals surface area contributed by atoms with Gasteiger partial charge >= 0.3 is 0 Å². The second-order valence-electron chi connectivity index (χ2n) is 7.34. The van der Waals surface area contributed by atoms with E-state index in [9.17, 15) is 23.1 Å². The number of benzene rings is 3. The van der Waals surface area contributed by atoms with Crippen molar-refractivity contribution in [2.24, 2.45) is 0 Å². The second kappa shape index (κ2) is 9.09. The number of halogens is 1. The zero-order valence-corrected chi connectivity index (χ0v) is 18.8. The molecule has 4 rings (SSSR count). The molecule has 4 aromatic rings. The third kappa shape index (κ3) is 4.62. The zero-order chi connectivity index (χ0) is 23.6. The fraction of sp³-hybridized carbons (Fsp3) is 0.0833. The van der Waals surface area contributed by atoms with Gasteiger partial charge in [-0.25, -0.2) is 8.42 Å². The Kier molecular flexibility index (Phi) is 6.22. The van der Waals surface area contributed by atoms with Crippen LogP contribution in [0.25, 0.3) is 10.9 Å². The van der Waals surface area contributed by atoms with E-state index in [2.05, 4.69) is 10.3 Å². The molecule has 1 heterocycles. The third-order valence-electron chi connectivity index (χ3n) is 5.14. The molecule has 33 heavy (non-hydrogen) atoms. The predicted octanol–water partition coefficient (Wildman–Crippen LogP) is 3.69. The first-order chi connectivity index (χ1) is 15.8. The van der Waals surface area contributed by atoms with Crippen molar-refractivity contribution in [1.29, 1.82) is 0 Å². The lowest BCUT2D eigenvalue weighted by molar-refractivity contribution is 0.0954. The van der Waals surface area contributed by atoms with E-state index in [4.69, 9.17) is 11.6 Å². The maximum absolute atomic E-state index is 13.0. The van der Waals surface area contributed by atoms with Crippen LogP contribution >= 0.6 is 11.6 Å². The van der Waals surface area contributed by atoms with Gasteiger partial charge < -0.3 is 15.4 Å². The van der Waals surface area contributed by atoms with Gasteiger partial charge in [-0.2, -0.15) is 0 Å². The maximum atomic E-state index is 13.0. The Morgan fingerprint density at radius 3 is 2.39 bits per heavy atom. The molecule has 0 aliphatic rings. The topological polar surface area (TPSA) is 116 Å². The molecule has 9 heteroatoms. The van der Waals surface area contributed by atoms with E-state index in [1.807, 2.05) is 30.3 Å². The Labute approximate surface area is 194 Å². The summed E-state index contributed by atoms with van der Waals surface area (Å²) in [6, 6.07) is 19.2. The van der Waals surface area contributed by atoms with Gasteiger partial charge in [0, 0.05) is 22.5 Å². The fourth-order valence-electron chi connectivity index (χ4n) is 3.45. The molecule has 0 saturated carbocycles. The molecule has 0 aliphatic heterocycles. The van der Waals surface area contributed by atoms with Crippen LogP contribution in [0.3, 0.4) is 0 Å². The largest absolute Gasteiger partial charge is 0.506 e. The number of fused-ring (bicyclic) bond motifs is 1. The molecule has 1 aromatic heterocycles. The first-order valence-electron chi connectivity index (χ1n) is 9.99. The molecule has 1 amide bonds. The molecule has 0 unspecified atom stereocenters. The van der Waals surface area contributed by atoms with Crippen molar-refractivity contribution in [1.82, 2.24) is 10.3 Å². The van der Waals surface area contributed by atoms with Crippen LogP contribution in [-0.2, 0) is 16.3 Å². The number of carbonyl (C=O) groups is 1. The highest BCUT2D eigenvalue weighted by Crippen LogP contribution is 2.32. The van der Waals surface area contributed by atoms with Gasteiger partial charge in [-0.1, -0.05) is 41.9 Å². The van der Waals surface area contributed by atoms with E-state index in [1.54, 1.807) is 0 Å². The lowest BCUT2D eigenvalue weighted by Crippen LogP contribution is -2.25. The van der Waals surface area contributed by atoms with Crippen LogP contribution in [0.1, 0.15) is 15.9 Å². The number of aromatic amines is 1. The molecule has 3 N–H and O–H groups in total. The van der Waals surface area contributed by atoms with Gasteiger partial charge in [-0.3, -0.25) is 9.59 Å². The number of carbonyl (C=O) groups excluding carboxylic acids is 1. The predicted molar refractivity (Wildman–Crippen MR) is 126 cm³/mol. The highest BCUT2D eigenvalue weighted by atomic mass is 35.5. The number of rotatable bonds is 6. The summed E-state index contributed by atoms with van der Waals surface area (Å²) < 4.78 is 25.9. The van der Waals surface area contributed by atoms with E-state index in [0.717, 1.165) is 5.56 Å². The molecule has 0 fully saturated rings. The number of sulfone groups is 1. The molecule has 0 saturated heterocycles. The van der Waals surface area contributed by atoms with Crippen LogP contribution < -0.4 is 10.9 Å². The van der Waals surface area contributed by atoms with E-state index in [0.29, 0.717) is 18.0 Å². The van der Waals surface area contributed by atoms with Crippen molar-refractivity contribution in [3.8, 4) is 5.75 Å². The summed E-state index contributed by atoms with van der Waals surface area (Å²) in [6.45, 7) is 0.418. The number of aromatic hydroxyl groups is 1. The minimum atomic E-state index is -4.31. The Morgan fingerprint density at radius 1 is 1.00 bits per heavy atom. The Balaban J connectivity index is 1.63. The van der Waals surface area contributed by atoms with Crippen molar-refractivity contribution in [3.63, 3.8) is 0 Å². The van der Waals surface area contributed by atoms with Gasteiger partial charge in [-0.05, 0) is 54.4 Å². The smallest absolute Gasteiger partial charge is 0.271 e. The first kappa shape index (κ1) is 22.6. The highest BCUT2D eigenvalue weighted by molar-refractivity contribution is 7.91. The van der Waals surface area contributed by atoms with Gasteiger partial charge in [0.1, 0.15) is 5.75 Å². The highest BCUT2D eigenvalue weighted by Gasteiger charge is 2.27. The van der Waals surface area contributed by atoms with Crippen molar-refractivity contribution in [2.75, 3.05) is 6.54 Å². The van der Waals surface area contributed by atoms with Gasteiger partial charge in [0.2, 0.25) is 9.84 Å². The SMILES string of the molecule is O=C(NCCc1ccccc1)c1ccc2c(O)c(S(=O)(=O)c3ccc(Cl)cc3)c(=O)[nH]c2c1. The van der Waals surface area contributed by atoms with E-state index >= 15 is 0 Å². The van der Waals surface area contributed by atoms with Crippen molar-refractivity contribution in [3.05, 3.63) is 99.3 Å². The van der Waals surface area contributed by atoms with Crippen LogP contribution in [0, 0.1) is 0 Å². The fourth-order valence-corrected chi connectivity index (χ4v) is 4.97. The van der Waals surface area contributed by atoms with Crippen LogP contribution in [0.2, 0.25) is 5.02 Å². The Hall–Kier alpha value is -3.62. The molecular formula is C24H19ClN2O5S.